The zero-order chi connectivity index (χ0) is 27.5. The van der Waals surface area contributed by atoms with Crippen LogP contribution >= 0.6 is 0 Å². The van der Waals surface area contributed by atoms with Crippen molar-refractivity contribution in [2.45, 2.75) is 50.8 Å². The van der Waals surface area contributed by atoms with E-state index < -0.39 is 16.1 Å². The van der Waals surface area contributed by atoms with E-state index in [1.807, 2.05) is 36.5 Å². The van der Waals surface area contributed by atoms with Gasteiger partial charge in [-0.1, -0.05) is 12.1 Å². The molecule has 10 heteroatoms. The van der Waals surface area contributed by atoms with Crippen molar-refractivity contribution in [1.82, 2.24) is 15.2 Å². The highest BCUT2D eigenvalue weighted by molar-refractivity contribution is 7.91. The van der Waals surface area contributed by atoms with Gasteiger partial charge in [-0.15, -0.1) is 0 Å². The van der Waals surface area contributed by atoms with Gasteiger partial charge in [-0.2, -0.15) is 0 Å². The largest absolute Gasteiger partial charge is 0.493 e. The van der Waals surface area contributed by atoms with E-state index in [0.29, 0.717) is 19.1 Å². The number of aromatic nitrogens is 1. The molecule has 2 saturated heterocycles. The van der Waals surface area contributed by atoms with Crippen molar-refractivity contribution >= 4 is 21.3 Å². The second-order valence-electron chi connectivity index (χ2n) is 11.8. The molecule has 6 rings (SSSR count). The summed E-state index contributed by atoms with van der Waals surface area (Å²) in [4.78, 5) is 11.8. The van der Waals surface area contributed by atoms with Crippen LogP contribution in [-0.2, 0) is 16.3 Å². The Morgan fingerprint density at radius 3 is 2.40 bits per heavy atom. The van der Waals surface area contributed by atoms with Crippen LogP contribution in [0.5, 0.6) is 5.75 Å². The SMILES string of the molecule is O=S1(=O)CCN(c2ccc(C(O)NC3CCC(CCN4CCN(c5nccc6c5CCO6)CC4)CC3)cc2)CC1. The minimum Gasteiger partial charge on any atom is -0.493 e. The summed E-state index contributed by atoms with van der Waals surface area (Å²) < 4.78 is 29.1. The predicted octanol–water partition coefficient (Wildman–Crippen LogP) is 2.60. The van der Waals surface area contributed by atoms with E-state index in [2.05, 4.69) is 25.0 Å². The number of hydrogen-bond donors (Lipinski definition) is 2. The highest BCUT2D eigenvalue weighted by Gasteiger charge is 2.27. The van der Waals surface area contributed by atoms with Crippen molar-refractivity contribution in [3.63, 3.8) is 0 Å². The van der Waals surface area contributed by atoms with Gasteiger partial charge < -0.3 is 19.6 Å². The molecule has 0 radical (unpaired) electrons. The number of aliphatic hydroxyl groups excluding tert-OH is 1. The van der Waals surface area contributed by atoms with E-state index in [-0.39, 0.29) is 11.5 Å². The van der Waals surface area contributed by atoms with Gasteiger partial charge in [-0.3, -0.25) is 10.2 Å². The first-order valence-electron chi connectivity index (χ1n) is 15.0. The lowest BCUT2D eigenvalue weighted by molar-refractivity contribution is 0.106. The number of nitrogens with one attached hydrogen (secondary N) is 1. The molecule has 9 nitrogen and oxygen atoms in total. The summed E-state index contributed by atoms with van der Waals surface area (Å²) >= 11 is 0. The molecule has 1 aliphatic carbocycles. The molecule has 218 valence electrons. The molecule has 0 bridgehead atoms. The Hall–Kier alpha value is -2.40. The summed E-state index contributed by atoms with van der Waals surface area (Å²) in [7, 11) is -2.89. The van der Waals surface area contributed by atoms with E-state index >= 15 is 0 Å². The van der Waals surface area contributed by atoms with E-state index in [1.165, 1.54) is 24.8 Å². The quantitative estimate of drug-likeness (QED) is 0.465. The molecule has 1 aromatic heterocycles. The molecule has 1 atom stereocenters. The fourth-order valence-electron chi connectivity index (χ4n) is 6.69. The molecular formula is C30H43N5O4S. The summed E-state index contributed by atoms with van der Waals surface area (Å²) in [5.41, 5.74) is 3.15. The first-order chi connectivity index (χ1) is 19.4. The minimum atomic E-state index is -2.89. The molecule has 2 aromatic rings. The fourth-order valence-corrected chi connectivity index (χ4v) is 7.90. The molecule has 4 heterocycles. The second kappa shape index (κ2) is 12.2. The highest BCUT2D eigenvalue weighted by atomic mass is 32.2. The Labute approximate surface area is 238 Å². The standard InChI is InChI=1S/C30H43N5O4S/c36-30(24-3-7-26(8-4-24)34-18-21-40(37,38)22-19-34)32-25-5-1-23(2-6-25)10-13-33-14-16-35(17-15-33)29-27-11-20-39-28(27)9-12-31-29/h3-4,7-9,12,23,25,30,32,36H,1-2,5-6,10-11,13-22H2. The number of hydrogen-bond acceptors (Lipinski definition) is 9. The van der Waals surface area contributed by atoms with Crippen LogP contribution in [0.3, 0.4) is 0 Å². The molecule has 0 amide bonds. The van der Waals surface area contributed by atoms with Crippen molar-refractivity contribution in [2.24, 2.45) is 5.92 Å². The van der Waals surface area contributed by atoms with Gasteiger partial charge >= 0.3 is 0 Å². The number of rotatable bonds is 8. The molecule has 1 aromatic carbocycles. The van der Waals surface area contributed by atoms with Crippen molar-refractivity contribution in [2.75, 3.05) is 73.7 Å². The molecular weight excluding hydrogens is 526 g/mol. The third-order valence-corrected chi connectivity index (χ3v) is 10.9. The van der Waals surface area contributed by atoms with E-state index in [9.17, 15) is 13.5 Å². The van der Waals surface area contributed by atoms with E-state index in [1.54, 1.807) is 0 Å². The van der Waals surface area contributed by atoms with Crippen molar-refractivity contribution in [3.8, 4) is 5.75 Å². The van der Waals surface area contributed by atoms with Gasteiger partial charge in [0.2, 0.25) is 0 Å². The lowest BCUT2D eigenvalue weighted by Gasteiger charge is -2.37. The van der Waals surface area contributed by atoms with Crippen LogP contribution in [0.25, 0.3) is 0 Å². The average Bonchev–Trinajstić information content (AvgIpc) is 3.47. The first kappa shape index (κ1) is 27.8. The highest BCUT2D eigenvalue weighted by Crippen LogP contribution is 2.33. The predicted molar refractivity (Wildman–Crippen MR) is 158 cm³/mol. The maximum atomic E-state index is 11.7. The third-order valence-electron chi connectivity index (χ3n) is 9.28. The number of pyridine rings is 1. The Balaban J connectivity index is 0.895. The Kier molecular flexibility index (Phi) is 8.48. The van der Waals surface area contributed by atoms with Gasteiger partial charge in [0.1, 0.15) is 17.8 Å². The lowest BCUT2D eigenvalue weighted by atomic mass is 9.84. The van der Waals surface area contributed by atoms with Crippen LogP contribution in [-0.4, -0.2) is 93.4 Å². The van der Waals surface area contributed by atoms with E-state index in [0.717, 1.165) is 87.3 Å². The molecule has 4 aliphatic rings. The number of aliphatic hydroxyl groups is 1. The zero-order valence-electron chi connectivity index (χ0n) is 23.4. The average molecular weight is 570 g/mol. The third kappa shape index (κ3) is 6.56. The van der Waals surface area contributed by atoms with Crippen LogP contribution < -0.4 is 19.9 Å². The van der Waals surface area contributed by atoms with Crippen LogP contribution in [0.15, 0.2) is 36.5 Å². The summed E-state index contributed by atoms with van der Waals surface area (Å²) in [5.74, 6) is 3.32. The summed E-state index contributed by atoms with van der Waals surface area (Å²) in [6, 6.07) is 10.2. The van der Waals surface area contributed by atoms with Gasteiger partial charge in [0, 0.05) is 69.2 Å². The zero-order valence-corrected chi connectivity index (χ0v) is 24.2. The first-order valence-corrected chi connectivity index (χ1v) is 16.8. The van der Waals surface area contributed by atoms with Gasteiger partial charge in [0.05, 0.1) is 18.1 Å². The second-order valence-corrected chi connectivity index (χ2v) is 14.1. The number of ether oxygens (including phenoxy) is 1. The Bertz CT molecular complexity index is 1230. The van der Waals surface area contributed by atoms with Gasteiger partial charge in [0.25, 0.3) is 0 Å². The molecule has 2 N–H and O–H groups in total. The number of anilines is 2. The molecule has 40 heavy (non-hydrogen) atoms. The fraction of sp³-hybridized carbons (Fsp3) is 0.633. The van der Waals surface area contributed by atoms with Gasteiger partial charge in [-0.05, 0) is 68.3 Å². The molecule has 1 unspecified atom stereocenters. The molecule has 3 aliphatic heterocycles. The molecule has 0 spiro atoms. The maximum absolute atomic E-state index is 11.7. The number of nitrogens with zero attached hydrogens (tertiary/aromatic N) is 4. The van der Waals surface area contributed by atoms with E-state index in [4.69, 9.17) is 4.74 Å². The smallest absolute Gasteiger partial charge is 0.153 e. The van der Waals surface area contributed by atoms with Crippen LogP contribution in [0, 0.1) is 5.92 Å². The topological polar surface area (TPSA) is 98.2 Å². The maximum Gasteiger partial charge on any atom is 0.153 e. The van der Waals surface area contributed by atoms with Crippen molar-refractivity contribution < 1.29 is 18.3 Å². The van der Waals surface area contributed by atoms with Crippen LogP contribution in [0.4, 0.5) is 11.5 Å². The number of sulfone groups is 1. The normalized spacial score (nSPS) is 25.8. The Morgan fingerprint density at radius 1 is 0.950 bits per heavy atom. The van der Waals surface area contributed by atoms with Gasteiger partial charge in [0.15, 0.2) is 9.84 Å². The van der Waals surface area contributed by atoms with Crippen LogP contribution in [0.1, 0.15) is 49.5 Å². The van der Waals surface area contributed by atoms with Crippen molar-refractivity contribution in [3.05, 3.63) is 47.7 Å². The van der Waals surface area contributed by atoms with Crippen molar-refractivity contribution in [1.29, 1.82) is 0 Å². The minimum absolute atomic E-state index is 0.210. The summed E-state index contributed by atoms with van der Waals surface area (Å²) in [6.45, 7) is 7.23. The Morgan fingerprint density at radius 2 is 1.68 bits per heavy atom. The lowest BCUT2D eigenvalue weighted by Crippen LogP contribution is -2.47. The van der Waals surface area contributed by atoms with Gasteiger partial charge in [-0.25, -0.2) is 13.4 Å². The molecule has 3 fully saturated rings. The monoisotopic (exact) mass is 569 g/mol. The molecule has 1 saturated carbocycles. The number of fused-ring (bicyclic) bond motifs is 1. The summed E-state index contributed by atoms with van der Waals surface area (Å²) in [5, 5.41) is 14.3. The van der Waals surface area contributed by atoms with Crippen LogP contribution in [0.2, 0.25) is 0 Å². The number of piperazine rings is 1. The summed E-state index contributed by atoms with van der Waals surface area (Å²) in [6.07, 6.45) is 8.03. The number of benzene rings is 1.